The summed E-state index contributed by atoms with van der Waals surface area (Å²) in [6.45, 7) is 0. The van der Waals surface area contributed by atoms with Crippen molar-refractivity contribution >= 4 is 33.2 Å². The second-order valence-electron chi connectivity index (χ2n) is 3.45. The molecule has 5 N–H and O–H groups in total. The topological polar surface area (TPSA) is 118 Å². The van der Waals surface area contributed by atoms with Gasteiger partial charge in [0.2, 0.25) is 5.71 Å². The number of nitrogens with zero attached hydrogens (tertiary/aromatic N) is 2. The second kappa shape index (κ2) is 5.79. The van der Waals surface area contributed by atoms with Crippen LogP contribution in [0.2, 0.25) is 0 Å². The van der Waals surface area contributed by atoms with Gasteiger partial charge in [-0.2, -0.15) is 23.5 Å². The number of rotatable bonds is 3. The molecule has 0 aliphatic carbocycles. The van der Waals surface area contributed by atoms with Gasteiger partial charge in [0, 0.05) is 0 Å². The van der Waals surface area contributed by atoms with Gasteiger partial charge in [-0.25, -0.2) is 0 Å². The minimum Gasteiger partial charge on any atom is -0.505 e. The van der Waals surface area contributed by atoms with Gasteiger partial charge in [0.1, 0.15) is 6.07 Å². The molecule has 0 saturated carbocycles. The summed E-state index contributed by atoms with van der Waals surface area (Å²) in [6, 6.07) is 2.78. The summed E-state index contributed by atoms with van der Waals surface area (Å²) in [5.41, 5.74) is 5.14. The lowest BCUT2D eigenvalue weighted by atomic mass is 10.2. The maximum absolute atomic E-state index is 12.6. The lowest BCUT2D eigenvalue weighted by Gasteiger charge is -2.11. The standard InChI is InChI=1S/C10H7BrF3N5O/c11-5-1-4(10(12,13)14)2-6(8(5)20)18-19-7(3-15)9(16)17/h1-2,18,20H,(H3,16,17)/b19-7+. The molecular weight excluding hydrogens is 343 g/mol. The number of hydrogen-bond acceptors (Lipinski definition) is 5. The van der Waals surface area contributed by atoms with Crippen molar-refractivity contribution in [2.75, 3.05) is 5.43 Å². The molecule has 0 saturated heterocycles. The number of phenols is 1. The fourth-order valence-electron chi connectivity index (χ4n) is 1.11. The Morgan fingerprint density at radius 3 is 2.55 bits per heavy atom. The molecule has 0 radical (unpaired) electrons. The van der Waals surface area contributed by atoms with Crippen LogP contribution < -0.4 is 11.2 Å². The SMILES string of the molecule is N#C/C(=N\Nc1cc(C(F)(F)F)cc(Br)c1O)C(=N)N. The first-order valence-electron chi connectivity index (χ1n) is 4.84. The van der Waals surface area contributed by atoms with Gasteiger partial charge in [-0.1, -0.05) is 0 Å². The zero-order valence-electron chi connectivity index (χ0n) is 9.59. The van der Waals surface area contributed by atoms with E-state index < -0.39 is 29.0 Å². The smallest absolute Gasteiger partial charge is 0.416 e. The largest absolute Gasteiger partial charge is 0.505 e. The highest BCUT2D eigenvalue weighted by atomic mass is 79.9. The number of nitrogens with two attached hydrogens (primary N) is 1. The molecule has 0 unspecified atom stereocenters. The first-order valence-corrected chi connectivity index (χ1v) is 5.64. The Labute approximate surface area is 119 Å². The Kier molecular flexibility index (Phi) is 4.57. The first-order chi connectivity index (χ1) is 9.16. The number of hydrogen-bond donors (Lipinski definition) is 4. The van der Waals surface area contributed by atoms with Crippen LogP contribution in [-0.4, -0.2) is 16.7 Å². The summed E-state index contributed by atoms with van der Waals surface area (Å²) in [6.07, 6.45) is -4.62. The number of aromatic hydroxyl groups is 1. The van der Waals surface area contributed by atoms with Crippen LogP contribution in [-0.2, 0) is 6.18 Å². The van der Waals surface area contributed by atoms with Gasteiger partial charge in [-0.15, -0.1) is 0 Å². The van der Waals surface area contributed by atoms with Gasteiger partial charge in [0.05, 0.1) is 15.7 Å². The van der Waals surface area contributed by atoms with Crippen LogP contribution in [0.15, 0.2) is 21.7 Å². The van der Waals surface area contributed by atoms with Crippen molar-refractivity contribution in [3.05, 3.63) is 22.2 Å². The monoisotopic (exact) mass is 349 g/mol. The molecule has 20 heavy (non-hydrogen) atoms. The molecule has 106 valence electrons. The zero-order chi connectivity index (χ0) is 15.5. The van der Waals surface area contributed by atoms with E-state index in [-0.39, 0.29) is 10.2 Å². The van der Waals surface area contributed by atoms with Crippen LogP contribution in [0.1, 0.15) is 5.56 Å². The third-order valence-electron chi connectivity index (χ3n) is 2.04. The first kappa shape index (κ1) is 15.8. The zero-order valence-corrected chi connectivity index (χ0v) is 11.2. The van der Waals surface area contributed by atoms with E-state index in [1.165, 1.54) is 6.07 Å². The van der Waals surface area contributed by atoms with Crippen LogP contribution in [0.4, 0.5) is 18.9 Å². The van der Waals surface area contributed by atoms with Gasteiger partial charge in [0.25, 0.3) is 0 Å². The lowest BCUT2D eigenvalue weighted by Crippen LogP contribution is -2.21. The number of alkyl halides is 3. The van der Waals surface area contributed by atoms with Gasteiger partial charge in [-0.3, -0.25) is 10.8 Å². The highest BCUT2D eigenvalue weighted by Gasteiger charge is 2.32. The summed E-state index contributed by atoms with van der Waals surface area (Å²) in [5.74, 6) is -1.19. The van der Waals surface area contributed by atoms with Crippen molar-refractivity contribution in [3.63, 3.8) is 0 Å². The van der Waals surface area contributed by atoms with Crippen molar-refractivity contribution in [2.45, 2.75) is 6.18 Å². The summed E-state index contributed by atoms with van der Waals surface area (Å²) >= 11 is 2.77. The van der Waals surface area contributed by atoms with E-state index in [4.69, 9.17) is 16.4 Å². The lowest BCUT2D eigenvalue weighted by molar-refractivity contribution is -0.137. The molecule has 1 rings (SSSR count). The van der Waals surface area contributed by atoms with Gasteiger partial charge in [-0.05, 0) is 28.1 Å². The number of hydrazone groups is 1. The van der Waals surface area contributed by atoms with Gasteiger partial charge >= 0.3 is 6.18 Å². The Hall–Kier alpha value is -2.28. The Morgan fingerprint density at radius 1 is 1.50 bits per heavy atom. The maximum Gasteiger partial charge on any atom is 0.416 e. The normalized spacial score (nSPS) is 11.8. The molecule has 0 amide bonds. The van der Waals surface area contributed by atoms with Crippen LogP contribution in [0, 0.1) is 16.7 Å². The molecule has 0 aliphatic rings. The number of nitrogens with one attached hydrogen (secondary N) is 2. The highest BCUT2D eigenvalue weighted by molar-refractivity contribution is 9.10. The summed E-state index contributed by atoms with van der Waals surface area (Å²) in [7, 11) is 0. The number of benzene rings is 1. The van der Waals surface area contributed by atoms with E-state index in [0.717, 1.165) is 0 Å². The Bertz CT molecular complexity index is 621. The van der Waals surface area contributed by atoms with Crippen LogP contribution in [0.3, 0.4) is 0 Å². The number of amidine groups is 1. The molecule has 1 aromatic rings. The van der Waals surface area contributed by atoms with Crippen LogP contribution >= 0.6 is 15.9 Å². The average Bonchev–Trinajstić information content (AvgIpc) is 2.33. The fourth-order valence-corrected chi connectivity index (χ4v) is 1.57. The fraction of sp³-hybridized carbons (Fsp3) is 0.100. The van der Waals surface area contributed by atoms with E-state index in [1.54, 1.807) is 0 Å². The number of nitriles is 1. The third kappa shape index (κ3) is 3.61. The molecule has 0 spiro atoms. The molecule has 0 heterocycles. The minimum atomic E-state index is -4.62. The van der Waals surface area contributed by atoms with Gasteiger partial charge < -0.3 is 10.8 Å². The number of halogens is 4. The van der Waals surface area contributed by atoms with Gasteiger partial charge in [0.15, 0.2) is 11.6 Å². The van der Waals surface area contributed by atoms with E-state index in [9.17, 15) is 18.3 Å². The molecule has 0 aliphatic heterocycles. The van der Waals surface area contributed by atoms with E-state index in [2.05, 4.69) is 26.5 Å². The van der Waals surface area contributed by atoms with Crippen molar-refractivity contribution in [3.8, 4) is 11.8 Å². The molecule has 10 heteroatoms. The Morgan fingerprint density at radius 2 is 2.10 bits per heavy atom. The van der Waals surface area contributed by atoms with Crippen LogP contribution in [0.5, 0.6) is 5.75 Å². The molecule has 0 fully saturated rings. The summed E-state index contributed by atoms with van der Waals surface area (Å²) in [4.78, 5) is 0. The average molecular weight is 350 g/mol. The van der Waals surface area contributed by atoms with Crippen molar-refractivity contribution in [2.24, 2.45) is 10.8 Å². The molecule has 0 aromatic heterocycles. The van der Waals surface area contributed by atoms with Crippen molar-refractivity contribution in [1.29, 1.82) is 10.7 Å². The predicted molar refractivity (Wildman–Crippen MR) is 69.4 cm³/mol. The van der Waals surface area contributed by atoms with Crippen molar-refractivity contribution in [1.82, 2.24) is 0 Å². The predicted octanol–water partition coefficient (Wildman–Crippen LogP) is 2.40. The Balaban J connectivity index is 3.23. The molecule has 6 nitrogen and oxygen atoms in total. The minimum absolute atomic E-state index is 0.202. The number of anilines is 1. The molecule has 1 aromatic carbocycles. The molecular formula is C10H7BrF3N5O. The third-order valence-corrected chi connectivity index (χ3v) is 2.64. The van der Waals surface area contributed by atoms with E-state index in [0.29, 0.717) is 12.1 Å². The summed E-state index contributed by atoms with van der Waals surface area (Å²) in [5, 5.41) is 28.5. The maximum atomic E-state index is 12.6. The second-order valence-corrected chi connectivity index (χ2v) is 4.30. The number of phenolic OH excluding ortho intramolecular Hbond substituents is 1. The van der Waals surface area contributed by atoms with E-state index in [1.807, 2.05) is 0 Å². The molecule has 0 bridgehead atoms. The summed E-state index contributed by atoms with van der Waals surface area (Å²) < 4.78 is 37.6. The van der Waals surface area contributed by atoms with E-state index >= 15 is 0 Å². The van der Waals surface area contributed by atoms with Crippen LogP contribution in [0.25, 0.3) is 0 Å². The molecule has 0 atom stereocenters. The van der Waals surface area contributed by atoms with Crippen molar-refractivity contribution < 1.29 is 18.3 Å². The quantitative estimate of drug-likeness (QED) is 0.290. The highest BCUT2D eigenvalue weighted by Crippen LogP contribution is 2.39.